The lowest BCUT2D eigenvalue weighted by atomic mass is 10.3. The number of halogens is 2. The minimum absolute atomic E-state index is 0.248. The number of hydrogen-bond donors (Lipinski definition) is 1. The highest BCUT2D eigenvalue weighted by molar-refractivity contribution is 6.41. The average molecular weight is 322 g/mol. The van der Waals surface area contributed by atoms with E-state index in [1.165, 1.54) is 15.5 Å². The molecule has 0 aromatic carbocycles. The van der Waals surface area contributed by atoms with E-state index < -0.39 is 11.9 Å². The largest absolute Gasteiger partial charge is 0.480 e. The van der Waals surface area contributed by atoms with Crippen molar-refractivity contribution in [1.29, 1.82) is 0 Å². The third-order valence-corrected chi connectivity index (χ3v) is 3.61. The maximum atomic E-state index is 12.4. The van der Waals surface area contributed by atoms with Gasteiger partial charge in [0.2, 0.25) is 0 Å². The van der Waals surface area contributed by atoms with E-state index in [4.69, 9.17) is 28.3 Å². The molecule has 0 atom stereocenters. The van der Waals surface area contributed by atoms with Gasteiger partial charge in [0.1, 0.15) is 17.4 Å². The first kappa shape index (κ1) is 16.8. The molecule has 0 saturated carbocycles. The molecule has 0 aliphatic carbocycles. The summed E-state index contributed by atoms with van der Waals surface area (Å²) in [6, 6.07) is 1.44. The zero-order valence-corrected chi connectivity index (χ0v) is 13.1. The van der Waals surface area contributed by atoms with Crippen molar-refractivity contribution in [3.05, 3.63) is 21.9 Å². The molecule has 0 saturated heterocycles. The Labute approximate surface area is 127 Å². The number of carboxylic acid groups (broad SMARTS) is 1. The third-order valence-electron chi connectivity index (χ3n) is 2.77. The summed E-state index contributed by atoms with van der Waals surface area (Å²) in [6.45, 7) is 0.497. The van der Waals surface area contributed by atoms with Gasteiger partial charge in [-0.1, -0.05) is 23.2 Å². The van der Waals surface area contributed by atoms with Gasteiger partial charge < -0.3 is 19.5 Å². The highest BCUT2D eigenvalue weighted by Crippen LogP contribution is 2.25. The molecule has 0 spiro atoms. The van der Waals surface area contributed by atoms with E-state index >= 15 is 0 Å². The van der Waals surface area contributed by atoms with Crippen molar-refractivity contribution in [3.8, 4) is 0 Å². The van der Waals surface area contributed by atoms with Crippen LogP contribution < -0.4 is 0 Å². The van der Waals surface area contributed by atoms with Crippen molar-refractivity contribution in [1.82, 2.24) is 14.4 Å². The lowest BCUT2D eigenvalue weighted by Crippen LogP contribution is -2.40. The minimum atomic E-state index is -1.07. The molecule has 20 heavy (non-hydrogen) atoms. The van der Waals surface area contributed by atoms with Gasteiger partial charge in [0.25, 0.3) is 5.91 Å². The quantitative estimate of drug-likeness (QED) is 0.860. The Hall–Kier alpha value is -1.24. The number of likely N-dealkylation sites (N-methyl/N-ethyl adjacent to an activating group) is 1. The molecule has 0 unspecified atom stereocenters. The number of carbonyl (C=O) groups is 2. The van der Waals surface area contributed by atoms with Crippen molar-refractivity contribution >= 4 is 35.1 Å². The Bertz CT molecular complexity index is 514. The zero-order valence-electron chi connectivity index (χ0n) is 11.6. The van der Waals surface area contributed by atoms with E-state index in [1.807, 2.05) is 19.0 Å². The Balaban J connectivity index is 2.96. The standard InChI is InChI=1S/C12H17Cl2N3O3/c1-15(2)4-5-17(7-10(18)19)12(20)9-6-8(13)11(14)16(9)3/h6H,4-5,7H2,1-3H3,(H,18,19). The lowest BCUT2D eigenvalue weighted by Gasteiger charge is -2.22. The smallest absolute Gasteiger partial charge is 0.323 e. The number of carbonyl (C=O) groups excluding carboxylic acids is 1. The summed E-state index contributed by atoms with van der Waals surface area (Å²) in [5.74, 6) is -1.48. The van der Waals surface area contributed by atoms with Crippen molar-refractivity contribution in [2.75, 3.05) is 33.7 Å². The number of nitrogens with zero attached hydrogens (tertiary/aromatic N) is 3. The Morgan fingerprint density at radius 2 is 1.90 bits per heavy atom. The normalized spacial score (nSPS) is 10.9. The van der Waals surface area contributed by atoms with Gasteiger partial charge in [-0.3, -0.25) is 9.59 Å². The molecule has 0 radical (unpaired) electrons. The first-order chi connectivity index (χ1) is 9.23. The molecule has 0 fully saturated rings. The van der Waals surface area contributed by atoms with Crippen molar-refractivity contribution in [3.63, 3.8) is 0 Å². The summed E-state index contributed by atoms with van der Waals surface area (Å²) in [5, 5.41) is 9.42. The summed E-state index contributed by atoms with van der Waals surface area (Å²) in [4.78, 5) is 26.4. The zero-order chi connectivity index (χ0) is 15.4. The summed E-state index contributed by atoms with van der Waals surface area (Å²) in [5.41, 5.74) is 0.264. The molecule has 1 amide bonds. The van der Waals surface area contributed by atoms with Gasteiger partial charge in [0, 0.05) is 20.1 Å². The van der Waals surface area contributed by atoms with E-state index in [2.05, 4.69) is 0 Å². The van der Waals surface area contributed by atoms with E-state index in [1.54, 1.807) is 7.05 Å². The van der Waals surface area contributed by atoms with Crippen LogP contribution in [0.15, 0.2) is 6.07 Å². The molecular formula is C12H17Cl2N3O3. The van der Waals surface area contributed by atoms with Crippen molar-refractivity contribution < 1.29 is 14.7 Å². The molecule has 0 aliphatic rings. The summed E-state index contributed by atoms with van der Waals surface area (Å²) >= 11 is 11.8. The first-order valence-corrected chi connectivity index (χ1v) is 6.66. The second kappa shape index (κ2) is 6.97. The Morgan fingerprint density at radius 3 is 2.30 bits per heavy atom. The molecule has 6 nitrogen and oxygen atoms in total. The monoisotopic (exact) mass is 321 g/mol. The molecule has 1 rings (SSSR count). The molecule has 1 heterocycles. The lowest BCUT2D eigenvalue weighted by molar-refractivity contribution is -0.137. The molecule has 0 bridgehead atoms. The third kappa shape index (κ3) is 4.13. The molecule has 112 valence electrons. The fourth-order valence-electron chi connectivity index (χ4n) is 1.65. The van der Waals surface area contributed by atoms with Crippen LogP contribution in [0.2, 0.25) is 10.2 Å². The van der Waals surface area contributed by atoms with Crippen LogP contribution in [0.3, 0.4) is 0 Å². The fourth-order valence-corrected chi connectivity index (χ4v) is 2.02. The van der Waals surface area contributed by atoms with Crippen LogP contribution in [0.4, 0.5) is 0 Å². The number of aliphatic carboxylic acids is 1. The van der Waals surface area contributed by atoms with Crippen LogP contribution in [0, 0.1) is 0 Å². The second-order valence-corrected chi connectivity index (χ2v) is 5.42. The first-order valence-electron chi connectivity index (χ1n) is 5.90. The molecule has 8 heteroatoms. The van der Waals surface area contributed by atoms with Crippen LogP contribution in [0.25, 0.3) is 0 Å². The predicted octanol–water partition coefficient (Wildman–Crippen LogP) is 1.42. The van der Waals surface area contributed by atoms with E-state index in [-0.39, 0.29) is 22.4 Å². The van der Waals surface area contributed by atoms with Crippen LogP contribution in [0.1, 0.15) is 10.5 Å². The summed E-state index contributed by atoms with van der Waals surface area (Å²) < 4.78 is 1.44. The second-order valence-electron chi connectivity index (χ2n) is 4.65. The van der Waals surface area contributed by atoms with Gasteiger partial charge in [0.15, 0.2) is 0 Å². The average Bonchev–Trinajstić information content (AvgIpc) is 2.61. The van der Waals surface area contributed by atoms with Gasteiger partial charge in [-0.25, -0.2) is 0 Å². The van der Waals surface area contributed by atoms with Crippen LogP contribution >= 0.6 is 23.2 Å². The minimum Gasteiger partial charge on any atom is -0.480 e. The molecular weight excluding hydrogens is 305 g/mol. The summed E-state index contributed by atoms with van der Waals surface area (Å²) in [7, 11) is 5.30. The molecule has 1 N–H and O–H groups in total. The molecule has 1 aromatic rings. The van der Waals surface area contributed by atoms with Crippen LogP contribution in [0.5, 0.6) is 0 Å². The van der Waals surface area contributed by atoms with Gasteiger partial charge in [-0.15, -0.1) is 0 Å². The number of rotatable bonds is 6. The SMILES string of the molecule is CN(C)CCN(CC(=O)O)C(=O)c1cc(Cl)c(Cl)n1C. The topological polar surface area (TPSA) is 65.8 Å². The van der Waals surface area contributed by atoms with E-state index in [0.717, 1.165) is 0 Å². The predicted molar refractivity (Wildman–Crippen MR) is 77.5 cm³/mol. The van der Waals surface area contributed by atoms with Gasteiger partial charge in [0.05, 0.1) is 5.02 Å². The van der Waals surface area contributed by atoms with Crippen molar-refractivity contribution in [2.24, 2.45) is 7.05 Å². The maximum Gasteiger partial charge on any atom is 0.323 e. The molecule has 0 aliphatic heterocycles. The van der Waals surface area contributed by atoms with Gasteiger partial charge in [-0.2, -0.15) is 0 Å². The highest BCUT2D eigenvalue weighted by atomic mass is 35.5. The number of hydrogen-bond acceptors (Lipinski definition) is 3. The Morgan fingerprint density at radius 1 is 1.30 bits per heavy atom. The maximum absolute atomic E-state index is 12.4. The molecule has 1 aromatic heterocycles. The van der Waals surface area contributed by atoms with Gasteiger partial charge in [-0.05, 0) is 20.2 Å². The summed E-state index contributed by atoms with van der Waals surface area (Å²) in [6.07, 6.45) is 0. The van der Waals surface area contributed by atoms with E-state index in [0.29, 0.717) is 13.1 Å². The Kier molecular flexibility index (Phi) is 5.86. The number of aromatic nitrogens is 1. The van der Waals surface area contributed by atoms with E-state index in [9.17, 15) is 9.59 Å². The van der Waals surface area contributed by atoms with Crippen LogP contribution in [-0.2, 0) is 11.8 Å². The number of carboxylic acids is 1. The number of amides is 1. The highest BCUT2D eigenvalue weighted by Gasteiger charge is 2.23. The van der Waals surface area contributed by atoms with Gasteiger partial charge >= 0.3 is 5.97 Å². The van der Waals surface area contributed by atoms with Crippen LogP contribution in [-0.4, -0.2) is 65.1 Å². The van der Waals surface area contributed by atoms with Crippen molar-refractivity contribution in [2.45, 2.75) is 0 Å². The fraction of sp³-hybridized carbons (Fsp3) is 0.500.